The van der Waals surface area contributed by atoms with Crippen LogP contribution in [0.25, 0.3) is 22.3 Å². The van der Waals surface area contributed by atoms with Crippen LogP contribution in [0, 0.1) is 10.1 Å². The molecule has 7 heteroatoms. The summed E-state index contributed by atoms with van der Waals surface area (Å²) >= 11 is 0. The highest BCUT2D eigenvalue weighted by Crippen LogP contribution is 2.32. The number of nitro benzene ring substituents is 1. The van der Waals surface area contributed by atoms with Crippen molar-refractivity contribution in [2.75, 3.05) is 5.73 Å². The smallest absolute Gasteiger partial charge is 0.334 e. The van der Waals surface area contributed by atoms with E-state index in [1.54, 1.807) is 18.3 Å². The number of aromatic nitrogens is 1. The highest BCUT2D eigenvalue weighted by molar-refractivity contribution is 5.91. The summed E-state index contributed by atoms with van der Waals surface area (Å²) in [5.41, 5.74) is 5.19. The number of fused-ring (bicyclic) bond motifs is 1. The van der Waals surface area contributed by atoms with Gasteiger partial charge in [0.15, 0.2) is 5.43 Å². The number of nitrogens with zero attached hydrogens (tertiary/aromatic N) is 2. The molecule has 2 aromatic heterocycles. The summed E-state index contributed by atoms with van der Waals surface area (Å²) in [5.74, 6) is 0.203. The number of nitro groups is 1. The summed E-state index contributed by atoms with van der Waals surface area (Å²) in [6.07, 6.45) is 3.07. The monoisotopic (exact) mass is 283 g/mol. The molecule has 0 aliphatic carbocycles. The fourth-order valence-corrected chi connectivity index (χ4v) is 2.06. The minimum atomic E-state index is -0.659. The van der Waals surface area contributed by atoms with E-state index in [0.717, 1.165) is 0 Å². The highest BCUT2D eigenvalue weighted by atomic mass is 16.6. The minimum absolute atomic E-state index is 0.0565. The third kappa shape index (κ3) is 2.10. The summed E-state index contributed by atoms with van der Waals surface area (Å²) in [6.45, 7) is 0. The van der Waals surface area contributed by atoms with Gasteiger partial charge in [0.1, 0.15) is 11.4 Å². The van der Waals surface area contributed by atoms with Crippen LogP contribution in [0.4, 0.5) is 11.4 Å². The SMILES string of the molecule is Nc1ccc2c(=O)cc(-c3cccnc3)oc2c1[N+](=O)[O-]. The first kappa shape index (κ1) is 12.8. The quantitative estimate of drug-likeness (QED) is 0.439. The molecule has 104 valence electrons. The first-order valence-corrected chi connectivity index (χ1v) is 5.99. The van der Waals surface area contributed by atoms with Gasteiger partial charge in [-0.05, 0) is 24.3 Å². The number of benzene rings is 1. The number of rotatable bonds is 2. The van der Waals surface area contributed by atoms with Crippen LogP contribution in [0.3, 0.4) is 0 Å². The average molecular weight is 283 g/mol. The number of anilines is 1. The zero-order valence-corrected chi connectivity index (χ0v) is 10.6. The molecule has 0 spiro atoms. The molecule has 2 heterocycles. The summed E-state index contributed by atoms with van der Waals surface area (Å²) in [7, 11) is 0. The fraction of sp³-hybridized carbons (Fsp3) is 0. The Labute approximate surface area is 117 Å². The molecule has 0 unspecified atom stereocenters. The van der Waals surface area contributed by atoms with Gasteiger partial charge in [-0.15, -0.1) is 0 Å². The van der Waals surface area contributed by atoms with Crippen LogP contribution >= 0.6 is 0 Å². The van der Waals surface area contributed by atoms with Crippen molar-refractivity contribution in [2.45, 2.75) is 0 Å². The Morgan fingerprint density at radius 3 is 2.76 bits per heavy atom. The van der Waals surface area contributed by atoms with E-state index in [9.17, 15) is 14.9 Å². The molecule has 3 aromatic rings. The normalized spacial score (nSPS) is 10.7. The van der Waals surface area contributed by atoms with E-state index in [0.29, 0.717) is 5.56 Å². The third-order valence-electron chi connectivity index (χ3n) is 3.03. The van der Waals surface area contributed by atoms with Crippen LogP contribution < -0.4 is 11.2 Å². The van der Waals surface area contributed by atoms with Crippen molar-refractivity contribution in [1.29, 1.82) is 0 Å². The predicted molar refractivity (Wildman–Crippen MR) is 76.8 cm³/mol. The Kier molecular flexibility index (Phi) is 2.87. The van der Waals surface area contributed by atoms with E-state index in [1.807, 2.05) is 0 Å². The lowest BCUT2D eigenvalue weighted by molar-refractivity contribution is -0.382. The Hall–Kier alpha value is -3.22. The number of nitrogens with two attached hydrogens (primary N) is 1. The first-order chi connectivity index (χ1) is 10.1. The van der Waals surface area contributed by atoms with Crippen LogP contribution in [0.2, 0.25) is 0 Å². The molecule has 0 amide bonds. The molecule has 0 atom stereocenters. The van der Waals surface area contributed by atoms with Gasteiger partial charge >= 0.3 is 5.69 Å². The van der Waals surface area contributed by atoms with E-state index < -0.39 is 10.6 Å². The van der Waals surface area contributed by atoms with Gasteiger partial charge in [0, 0.05) is 24.0 Å². The molecule has 3 rings (SSSR count). The van der Waals surface area contributed by atoms with E-state index in [1.165, 1.54) is 24.4 Å². The van der Waals surface area contributed by atoms with E-state index in [2.05, 4.69) is 4.98 Å². The second kappa shape index (κ2) is 4.71. The molecule has 0 aliphatic rings. The van der Waals surface area contributed by atoms with Crippen molar-refractivity contribution in [1.82, 2.24) is 4.98 Å². The lowest BCUT2D eigenvalue weighted by atomic mass is 10.1. The number of hydrogen-bond donors (Lipinski definition) is 1. The van der Waals surface area contributed by atoms with Crippen molar-refractivity contribution in [3.63, 3.8) is 0 Å². The summed E-state index contributed by atoms with van der Waals surface area (Å²) in [5, 5.41) is 11.3. The van der Waals surface area contributed by atoms with Crippen LogP contribution in [-0.2, 0) is 0 Å². The van der Waals surface area contributed by atoms with Crippen molar-refractivity contribution in [2.24, 2.45) is 0 Å². The Balaban J connectivity index is 2.40. The van der Waals surface area contributed by atoms with Gasteiger partial charge in [-0.3, -0.25) is 19.9 Å². The number of hydrogen-bond acceptors (Lipinski definition) is 6. The molecule has 1 aromatic carbocycles. The van der Waals surface area contributed by atoms with Crippen molar-refractivity contribution < 1.29 is 9.34 Å². The van der Waals surface area contributed by atoms with Gasteiger partial charge in [0.25, 0.3) is 0 Å². The molecule has 0 aliphatic heterocycles. The zero-order chi connectivity index (χ0) is 15.0. The maximum absolute atomic E-state index is 12.1. The van der Waals surface area contributed by atoms with Gasteiger partial charge in [-0.1, -0.05) is 0 Å². The summed E-state index contributed by atoms with van der Waals surface area (Å²) in [4.78, 5) is 26.5. The molecule has 7 nitrogen and oxygen atoms in total. The highest BCUT2D eigenvalue weighted by Gasteiger charge is 2.21. The fourth-order valence-electron chi connectivity index (χ4n) is 2.06. The second-order valence-electron chi connectivity index (χ2n) is 4.35. The van der Waals surface area contributed by atoms with Crippen LogP contribution in [0.15, 0.2) is 51.9 Å². The summed E-state index contributed by atoms with van der Waals surface area (Å²) < 4.78 is 5.54. The predicted octanol–water partition coefficient (Wildman–Crippen LogP) is 2.35. The Bertz CT molecular complexity index is 903. The molecule has 0 radical (unpaired) electrons. The van der Waals surface area contributed by atoms with Gasteiger partial charge < -0.3 is 10.2 Å². The Morgan fingerprint density at radius 1 is 1.29 bits per heavy atom. The van der Waals surface area contributed by atoms with Crippen molar-refractivity contribution in [3.05, 3.63) is 63.1 Å². The molecular formula is C14H9N3O4. The van der Waals surface area contributed by atoms with E-state index in [-0.39, 0.29) is 27.8 Å². The molecule has 0 saturated heterocycles. The zero-order valence-electron chi connectivity index (χ0n) is 10.6. The van der Waals surface area contributed by atoms with Crippen LogP contribution in [-0.4, -0.2) is 9.91 Å². The molecule has 2 N–H and O–H groups in total. The second-order valence-corrected chi connectivity index (χ2v) is 4.35. The third-order valence-corrected chi connectivity index (χ3v) is 3.03. The van der Waals surface area contributed by atoms with Crippen LogP contribution in [0.1, 0.15) is 0 Å². The first-order valence-electron chi connectivity index (χ1n) is 5.99. The molecule has 21 heavy (non-hydrogen) atoms. The van der Waals surface area contributed by atoms with Gasteiger partial charge in [0.2, 0.25) is 5.58 Å². The lowest BCUT2D eigenvalue weighted by Crippen LogP contribution is -2.04. The van der Waals surface area contributed by atoms with Gasteiger partial charge in [-0.2, -0.15) is 0 Å². The lowest BCUT2D eigenvalue weighted by Gasteiger charge is -2.04. The van der Waals surface area contributed by atoms with E-state index >= 15 is 0 Å². The maximum atomic E-state index is 12.1. The van der Waals surface area contributed by atoms with Crippen molar-refractivity contribution in [3.8, 4) is 11.3 Å². The van der Waals surface area contributed by atoms with Crippen molar-refractivity contribution >= 4 is 22.3 Å². The Morgan fingerprint density at radius 2 is 2.10 bits per heavy atom. The summed E-state index contributed by atoms with van der Waals surface area (Å²) in [6, 6.07) is 7.37. The standard InChI is InChI=1S/C14H9N3O4/c15-10-4-3-9-11(18)6-12(8-2-1-5-16-7-8)21-14(9)13(10)17(19)20/h1-7H,15H2. The van der Waals surface area contributed by atoms with Gasteiger partial charge in [0.05, 0.1) is 10.3 Å². The van der Waals surface area contributed by atoms with Crippen LogP contribution in [0.5, 0.6) is 0 Å². The molecule has 0 saturated carbocycles. The topological polar surface area (TPSA) is 112 Å². The molecule has 0 bridgehead atoms. The number of pyridine rings is 1. The van der Waals surface area contributed by atoms with E-state index in [4.69, 9.17) is 10.2 Å². The molecular weight excluding hydrogens is 274 g/mol. The number of nitrogen functional groups attached to an aromatic ring is 1. The minimum Gasteiger partial charge on any atom is -0.448 e. The largest absolute Gasteiger partial charge is 0.448 e. The van der Waals surface area contributed by atoms with Gasteiger partial charge in [-0.25, -0.2) is 0 Å². The maximum Gasteiger partial charge on any atom is 0.334 e. The average Bonchev–Trinajstić information content (AvgIpc) is 2.47. The molecule has 0 fully saturated rings.